The number of nitrogens with one attached hydrogen (secondary N) is 1. The van der Waals surface area contributed by atoms with Crippen LogP contribution in [-0.4, -0.2) is 21.2 Å². The van der Waals surface area contributed by atoms with Gasteiger partial charge < -0.3 is 5.32 Å². The zero-order valence-corrected chi connectivity index (χ0v) is 17.5. The summed E-state index contributed by atoms with van der Waals surface area (Å²) >= 11 is 9.11. The number of nitriles is 1. The van der Waals surface area contributed by atoms with E-state index in [1.807, 2.05) is 35.9 Å². The van der Waals surface area contributed by atoms with E-state index in [1.54, 1.807) is 6.20 Å². The minimum Gasteiger partial charge on any atom is -0.316 e. The first-order valence-electron chi connectivity index (χ1n) is 8.84. The number of hydrogen-bond donors (Lipinski definition) is 1. The number of thioether (sulfide) groups is 1. The molecule has 0 atom stereocenters. The van der Waals surface area contributed by atoms with Gasteiger partial charge in [-0.1, -0.05) is 29.4 Å². The molecule has 2 heterocycles. The summed E-state index contributed by atoms with van der Waals surface area (Å²) in [5.41, 5.74) is 3.64. The van der Waals surface area contributed by atoms with Crippen LogP contribution >= 0.6 is 34.7 Å². The highest BCUT2D eigenvalue weighted by molar-refractivity contribution is 7.99. The fraction of sp³-hybridized carbons (Fsp3) is 0.250. The van der Waals surface area contributed by atoms with Crippen LogP contribution < -0.4 is 5.32 Å². The van der Waals surface area contributed by atoms with Crippen molar-refractivity contribution in [3.05, 3.63) is 57.2 Å². The van der Waals surface area contributed by atoms with Crippen molar-refractivity contribution in [2.45, 2.75) is 31.3 Å². The highest BCUT2D eigenvalue weighted by Crippen LogP contribution is 2.38. The zero-order chi connectivity index (χ0) is 19.7. The summed E-state index contributed by atoms with van der Waals surface area (Å²) in [7, 11) is 0. The number of benzene rings is 1. The van der Waals surface area contributed by atoms with Gasteiger partial charge in [-0.05, 0) is 49.4 Å². The van der Waals surface area contributed by atoms with E-state index in [1.165, 1.54) is 28.0 Å². The van der Waals surface area contributed by atoms with Crippen LogP contribution in [0.2, 0.25) is 5.02 Å². The van der Waals surface area contributed by atoms with Crippen LogP contribution in [0.3, 0.4) is 0 Å². The van der Waals surface area contributed by atoms with E-state index in [-0.39, 0.29) is 11.7 Å². The Morgan fingerprint density at radius 3 is 3.14 bits per heavy atom. The summed E-state index contributed by atoms with van der Waals surface area (Å²) in [5.74, 6) is 0.0724. The Balaban J connectivity index is 1.47. The second-order valence-electron chi connectivity index (χ2n) is 6.47. The van der Waals surface area contributed by atoms with Crippen molar-refractivity contribution in [3.63, 3.8) is 0 Å². The van der Waals surface area contributed by atoms with Crippen LogP contribution in [0.5, 0.6) is 0 Å². The summed E-state index contributed by atoms with van der Waals surface area (Å²) in [6.07, 6.45) is 6.58. The molecule has 0 aliphatic heterocycles. The van der Waals surface area contributed by atoms with E-state index in [2.05, 4.69) is 16.4 Å². The molecule has 4 rings (SSSR count). The average molecular weight is 429 g/mol. The number of rotatable bonds is 5. The van der Waals surface area contributed by atoms with Crippen molar-refractivity contribution < 1.29 is 4.79 Å². The van der Waals surface area contributed by atoms with Gasteiger partial charge in [-0.25, -0.2) is 4.98 Å². The van der Waals surface area contributed by atoms with Gasteiger partial charge in [-0.15, -0.1) is 11.3 Å². The minimum absolute atomic E-state index is 0.140. The van der Waals surface area contributed by atoms with Gasteiger partial charge in [0.25, 0.3) is 0 Å². The number of halogens is 1. The molecule has 1 aliphatic rings. The van der Waals surface area contributed by atoms with Crippen molar-refractivity contribution in [1.82, 2.24) is 9.55 Å². The molecule has 0 spiro atoms. The molecule has 0 saturated carbocycles. The summed E-state index contributed by atoms with van der Waals surface area (Å²) in [6, 6.07) is 7.97. The topological polar surface area (TPSA) is 70.7 Å². The van der Waals surface area contributed by atoms with Gasteiger partial charge in [0.05, 0.1) is 17.0 Å². The van der Waals surface area contributed by atoms with Gasteiger partial charge in [0.15, 0.2) is 5.16 Å². The quantitative estimate of drug-likeness (QED) is 0.581. The first-order chi connectivity index (χ1) is 13.6. The molecule has 8 heteroatoms. The second-order valence-corrected chi connectivity index (χ2v) is 8.93. The number of nitrogens with zero attached hydrogens (tertiary/aromatic N) is 3. The third kappa shape index (κ3) is 3.55. The molecule has 0 bridgehead atoms. The van der Waals surface area contributed by atoms with Crippen molar-refractivity contribution >= 4 is 45.6 Å². The molecule has 1 amide bonds. The maximum atomic E-state index is 12.5. The molecule has 0 radical (unpaired) electrons. The van der Waals surface area contributed by atoms with Gasteiger partial charge >= 0.3 is 0 Å². The van der Waals surface area contributed by atoms with Gasteiger partial charge in [0, 0.05) is 22.3 Å². The molecule has 1 aromatic carbocycles. The lowest BCUT2D eigenvalue weighted by atomic mass is 10.1. The lowest BCUT2D eigenvalue weighted by Gasteiger charge is -2.11. The highest BCUT2D eigenvalue weighted by Gasteiger charge is 2.23. The smallest absolute Gasteiger partial charge is 0.235 e. The molecule has 5 nitrogen and oxygen atoms in total. The van der Waals surface area contributed by atoms with Crippen molar-refractivity contribution in [3.8, 4) is 11.8 Å². The van der Waals surface area contributed by atoms with E-state index in [0.29, 0.717) is 15.6 Å². The summed E-state index contributed by atoms with van der Waals surface area (Å²) in [4.78, 5) is 18.1. The number of carbonyl (C=O) groups is 1. The number of aromatic nitrogens is 2. The Bertz CT molecular complexity index is 1100. The van der Waals surface area contributed by atoms with Crippen LogP contribution in [-0.2, 0) is 17.6 Å². The number of hydrogen-bond acceptors (Lipinski definition) is 5. The van der Waals surface area contributed by atoms with Gasteiger partial charge in [0.2, 0.25) is 5.91 Å². The standard InChI is InChI=1S/C20H17ClN4OS2/c1-12-15(21)5-3-6-16(12)25-9-8-23-20(25)27-11-18(26)24-19-14(10-22)13-4-2-7-17(13)28-19/h3,5-6,8-9H,2,4,7,11H2,1H3,(H,24,26). The van der Waals surface area contributed by atoms with Gasteiger partial charge in [-0.3, -0.25) is 9.36 Å². The van der Waals surface area contributed by atoms with E-state index in [9.17, 15) is 10.1 Å². The van der Waals surface area contributed by atoms with E-state index < -0.39 is 0 Å². The normalized spacial score (nSPS) is 12.6. The number of aryl methyl sites for hydroxylation is 1. The average Bonchev–Trinajstić information content (AvgIpc) is 3.38. The van der Waals surface area contributed by atoms with Crippen molar-refractivity contribution in [2.24, 2.45) is 0 Å². The lowest BCUT2D eigenvalue weighted by molar-refractivity contribution is -0.113. The minimum atomic E-state index is -0.140. The van der Waals surface area contributed by atoms with Gasteiger partial charge in [-0.2, -0.15) is 5.26 Å². The third-order valence-electron chi connectivity index (χ3n) is 4.72. The Morgan fingerprint density at radius 2 is 2.32 bits per heavy atom. The molecular formula is C20H17ClN4OS2. The summed E-state index contributed by atoms with van der Waals surface area (Å²) < 4.78 is 1.93. The fourth-order valence-electron chi connectivity index (χ4n) is 3.34. The first-order valence-corrected chi connectivity index (χ1v) is 11.0. The molecule has 0 saturated heterocycles. The second kappa shape index (κ2) is 8.00. The molecule has 0 unspecified atom stereocenters. The first kappa shape index (κ1) is 19.1. The molecule has 1 aliphatic carbocycles. The number of amides is 1. The Morgan fingerprint density at radius 1 is 1.46 bits per heavy atom. The van der Waals surface area contributed by atoms with E-state index in [4.69, 9.17) is 11.6 Å². The highest BCUT2D eigenvalue weighted by atomic mass is 35.5. The predicted molar refractivity (Wildman–Crippen MR) is 114 cm³/mol. The van der Waals surface area contributed by atoms with E-state index >= 15 is 0 Å². The molecule has 0 fully saturated rings. The molecule has 28 heavy (non-hydrogen) atoms. The number of anilines is 1. The molecular weight excluding hydrogens is 412 g/mol. The molecule has 3 aromatic rings. The van der Waals surface area contributed by atoms with Crippen molar-refractivity contribution in [1.29, 1.82) is 5.26 Å². The monoisotopic (exact) mass is 428 g/mol. The number of thiophene rings is 1. The largest absolute Gasteiger partial charge is 0.316 e. The Kier molecular flexibility index (Phi) is 5.44. The third-order valence-corrected chi connectivity index (χ3v) is 7.31. The lowest BCUT2D eigenvalue weighted by Crippen LogP contribution is -2.14. The van der Waals surface area contributed by atoms with Crippen LogP contribution in [0.4, 0.5) is 5.00 Å². The SMILES string of the molecule is Cc1c(Cl)cccc1-n1ccnc1SCC(=O)Nc1sc2c(c1C#N)CCC2. The molecule has 2 aromatic heterocycles. The van der Waals surface area contributed by atoms with Crippen LogP contribution in [0, 0.1) is 18.3 Å². The van der Waals surface area contributed by atoms with Gasteiger partial charge in [0.1, 0.15) is 11.1 Å². The summed E-state index contributed by atoms with van der Waals surface area (Å²) in [6.45, 7) is 1.96. The number of carbonyl (C=O) groups excluding carboxylic acids is 1. The maximum absolute atomic E-state index is 12.5. The van der Waals surface area contributed by atoms with Crippen LogP contribution in [0.15, 0.2) is 35.7 Å². The fourth-order valence-corrected chi connectivity index (χ4v) is 5.53. The van der Waals surface area contributed by atoms with Crippen molar-refractivity contribution in [2.75, 3.05) is 11.1 Å². The number of fused-ring (bicyclic) bond motifs is 1. The number of imidazole rings is 1. The Labute approximate surface area is 176 Å². The van der Waals surface area contributed by atoms with Crippen LogP contribution in [0.1, 0.15) is 28.0 Å². The molecule has 142 valence electrons. The van der Waals surface area contributed by atoms with Crippen LogP contribution in [0.25, 0.3) is 5.69 Å². The maximum Gasteiger partial charge on any atom is 0.235 e. The van der Waals surface area contributed by atoms with E-state index in [0.717, 1.165) is 41.2 Å². The predicted octanol–water partition coefficient (Wildman–Crippen LogP) is 4.99. The summed E-state index contributed by atoms with van der Waals surface area (Å²) in [5, 5.41) is 14.4. The zero-order valence-electron chi connectivity index (χ0n) is 15.2. The molecule has 1 N–H and O–H groups in total. The Hall–Kier alpha value is -2.27.